The Balaban J connectivity index is 2.16. The normalized spacial score (nSPS) is 10.4. The van der Waals surface area contributed by atoms with Crippen LogP contribution in [0.3, 0.4) is 0 Å². The summed E-state index contributed by atoms with van der Waals surface area (Å²) >= 11 is 5.88. The van der Waals surface area contributed by atoms with Gasteiger partial charge < -0.3 is 5.32 Å². The van der Waals surface area contributed by atoms with E-state index in [1.54, 1.807) is 19.4 Å². The molecule has 0 aromatic carbocycles. The van der Waals surface area contributed by atoms with Crippen molar-refractivity contribution in [3.8, 4) is 0 Å². The molecule has 0 unspecified atom stereocenters. The number of halogens is 1. The predicted octanol–water partition coefficient (Wildman–Crippen LogP) is 0.769. The second-order valence-electron chi connectivity index (χ2n) is 3.26. The molecule has 0 spiro atoms. The van der Waals surface area contributed by atoms with Crippen LogP contribution in [-0.4, -0.2) is 20.0 Å². The van der Waals surface area contributed by atoms with E-state index in [-0.39, 0.29) is 10.6 Å². The van der Waals surface area contributed by atoms with Crippen molar-refractivity contribution in [1.29, 1.82) is 0 Å². The van der Waals surface area contributed by atoms with Gasteiger partial charge in [-0.25, -0.2) is 4.68 Å². The van der Waals surface area contributed by atoms with Gasteiger partial charge in [0.05, 0.1) is 18.1 Å². The van der Waals surface area contributed by atoms with Gasteiger partial charge in [0.2, 0.25) is 0 Å². The minimum atomic E-state index is -0.320. The minimum Gasteiger partial charge on any atom is -0.378 e. The molecule has 84 valence electrons. The van der Waals surface area contributed by atoms with E-state index in [1.807, 2.05) is 0 Å². The Morgan fingerprint density at radius 1 is 1.56 bits per heavy atom. The lowest BCUT2D eigenvalue weighted by molar-refractivity contribution is 0.708. The number of H-pyrrole nitrogens is 1. The molecule has 7 heteroatoms. The molecule has 0 saturated carbocycles. The molecule has 2 N–H and O–H groups in total. The molecular formula is C9H10ClN5O. The van der Waals surface area contributed by atoms with Gasteiger partial charge >= 0.3 is 0 Å². The molecule has 2 heterocycles. The molecule has 0 fully saturated rings. The van der Waals surface area contributed by atoms with Crippen molar-refractivity contribution in [3.05, 3.63) is 39.5 Å². The molecule has 6 nitrogen and oxygen atoms in total. The van der Waals surface area contributed by atoms with Crippen LogP contribution in [-0.2, 0) is 13.6 Å². The Labute approximate surface area is 96.2 Å². The summed E-state index contributed by atoms with van der Waals surface area (Å²) in [5.74, 6) is 0. The zero-order valence-corrected chi connectivity index (χ0v) is 9.32. The van der Waals surface area contributed by atoms with Gasteiger partial charge in [-0.2, -0.15) is 10.2 Å². The van der Waals surface area contributed by atoms with Crippen LogP contribution in [0.4, 0.5) is 5.69 Å². The topological polar surface area (TPSA) is 75.6 Å². The number of anilines is 1. The van der Waals surface area contributed by atoms with Crippen molar-refractivity contribution < 1.29 is 0 Å². The van der Waals surface area contributed by atoms with Crippen LogP contribution in [0.2, 0.25) is 5.02 Å². The number of nitrogens with zero attached hydrogens (tertiary/aromatic N) is 3. The summed E-state index contributed by atoms with van der Waals surface area (Å²) < 4.78 is 1.19. The zero-order chi connectivity index (χ0) is 11.5. The van der Waals surface area contributed by atoms with Crippen LogP contribution in [0.15, 0.2) is 23.4 Å². The highest BCUT2D eigenvalue weighted by molar-refractivity contribution is 6.32. The quantitative estimate of drug-likeness (QED) is 0.830. The van der Waals surface area contributed by atoms with Gasteiger partial charge in [0, 0.05) is 25.4 Å². The Morgan fingerprint density at radius 3 is 3.06 bits per heavy atom. The molecule has 0 amide bonds. The molecule has 0 saturated heterocycles. The fourth-order valence-electron chi connectivity index (χ4n) is 1.21. The van der Waals surface area contributed by atoms with Gasteiger partial charge in [-0.3, -0.25) is 9.89 Å². The Kier molecular flexibility index (Phi) is 2.91. The fraction of sp³-hybridized carbons (Fsp3) is 0.222. The summed E-state index contributed by atoms with van der Waals surface area (Å²) in [6.07, 6.45) is 4.97. The first kappa shape index (κ1) is 10.7. The van der Waals surface area contributed by atoms with Gasteiger partial charge in [-0.05, 0) is 0 Å². The Morgan fingerprint density at radius 2 is 2.38 bits per heavy atom. The molecule has 2 rings (SSSR count). The monoisotopic (exact) mass is 239 g/mol. The summed E-state index contributed by atoms with van der Waals surface area (Å²) in [4.78, 5) is 11.5. The maximum absolute atomic E-state index is 11.5. The number of hydrogen-bond acceptors (Lipinski definition) is 4. The second-order valence-corrected chi connectivity index (χ2v) is 3.64. The highest BCUT2D eigenvalue weighted by atomic mass is 35.5. The largest absolute Gasteiger partial charge is 0.378 e. The summed E-state index contributed by atoms with van der Waals surface area (Å²) in [5.41, 5.74) is 1.17. The first-order valence-corrected chi connectivity index (χ1v) is 4.99. The number of rotatable bonds is 3. The number of nitrogens with one attached hydrogen (secondary N) is 2. The predicted molar refractivity (Wildman–Crippen MR) is 60.4 cm³/mol. The number of aryl methyl sites for hydroxylation is 1. The summed E-state index contributed by atoms with van der Waals surface area (Å²) in [6, 6.07) is 0. The third-order valence-corrected chi connectivity index (χ3v) is 2.48. The second kappa shape index (κ2) is 4.36. The standard InChI is InChI=1S/C9H10ClN5O/c1-15-9(16)8(10)7(5-14-15)11-2-6-3-12-13-4-6/h3-5,11H,2H2,1H3,(H,12,13). The smallest absolute Gasteiger partial charge is 0.287 e. The third-order valence-electron chi connectivity index (χ3n) is 2.12. The maximum Gasteiger partial charge on any atom is 0.287 e. The van der Waals surface area contributed by atoms with Crippen molar-refractivity contribution in [2.24, 2.45) is 7.05 Å². The summed E-state index contributed by atoms with van der Waals surface area (Å²) in [6.45, 7) is 0.533. The molecule has 2 aromatic heterocycles. The SMILES string of the molecule is Cn1ncc(NCc2cn[nH]c2)c(Cl)c1=O. The Hall–Kier alpha value is -1.82. The van der Waals surface area contributed by atoms with Crippen LogP contribution >= 0.6 is 11.6 Å². The number of hydrogen-bond donors (Lipinski definition) is 2. The van der Waals surface area contributed by atoms with E-state index in [1.165, 1.54) is 10.9 Å². The van der Waals surface area contributed by atoms with E-state index in [0.29, 0.717) is 12.2 Å². The molecule has 0 aliphatic heterocycles. The van der Waals surface area contributed by atoms with Crippen molar-refractivity contribution in [1.82, 2.24) is 20.0 Å². The molecule has 16 heavy (non-hydrogen) atoms. The van der Waals surface area contributed by atoms with Crippen LogP contribution < -0.4 is 10.9 Å². The van der Waals surface area contributed by atoms with Gasteiger partial charge in [-0.15, -0.1) is 0 Å². The van der Waals surface area contributed by atoms with Crippen LogP contribution in [0.25, 0.3) is 0 Å². The van der Waals surface area contributed by atoms with Gasteiger partial charge in [-0.1, -0.05) is 11.6 Å². The van der Waals surface area contributed by atoms with E-state index >= 15 is 0 Å². The average Bonchev–Trinajstić information content (AvgIpc) is 2.78. The van der Waals surface area contributed by atoms with E-state index < -0.39 is 0 Å². The highest BCUT2D eigenvalue weighted by Crippen LogP contribution is 2.15. The first-order chi connectivity index (χ1) is 7.68. The van der Waals surface area contributed by atoms with Crippen LogP contribution in [0.5, 0.6) is 0 Å². The molecule has 0 aliphatic rings. The van der Waals surface area contributed by atoms with Crippen molar-refractivity contribution in [2.75, 3.05) is 5.32 Å². The third kappa shape index (κ3) is 2.06. The molecule has 0 atom stereocenters. The molecular weight excluding hydrogens is 230 g/mol. The molecule has 0 bridgehead atoms. The minimum absolute atomic E-state index is 0.140. The lowest BCUT2D eigenvalue weighted by Gasteiger charge is -2.06. The fourth-order valence-corrected chi connectivity index (χ4v) is 1.44. The average molecular weight is 240 g/mol. The van der Waals surface area contributed by atoms with Crippen molar-refractivity contribution in [2.45, 2.75) is 6.54 Å². The Bertz CT molecular complexity index is 533. The molecule has 0 aliphatic carbocycles. The highest BCUT2D eigenvalue weighted by Gasteiger charge is 2.06. The van der Waals surface area contributed by atoms with E-state index in [0.717, 1.165) is 5.56 Å². The van der Waals surface area contributed by atoms with E-state index in [9.17, 15) is 4.79 Å². The lowest BCUT2D eigenvalue weighted by atomic mass is 10.3. The summed E-state index contributed by atoms with van der Waals surface area (Å²) in [5, 5.41) is 13.5. The van der Waals surface area contributed by atoms with Crippen molar-refractivity contribution in [3.63, 3.8) is 0 Å². The van der Waals surface area contributed by atoms with E-state index in [2.05, 4.69) is 20.6 Å². The van der Waals surface area contributed by atoms with E-state index in [4.69, 9.17) is 11.6 Å². The van der Waals surface area contributed by atoms with Crippen LogP contribution in [0.1, 0.15) is 5.56 Å². The molecule has 2 aromatic rings. The van der Waals surface area contributed by atoms with Gasteiger partial charge in [0.1, 0.15) is 5.02 Å². The first-order valence-electron chi connectivity index (χ1n) is 4.62. The van der Waals surface area contributed by atoms with Gasteiger partial charge in [0.15, 0.2) is 0 Å². The van der Waals surface area contributed by atoms with Crippen LogP contribution in [0, 0.1) is 0 Å². The summed E-state index contributed by atoms with van der Waals surface area (Å²) in [7, 11) is 1.55. The van der Waals surface area contributed by atoms with Crippen molar-refractivity contribution >= 4 is 17.3 Å². The zero-order valence-electron chi connectivity index (χ0n) is 8.57. The van der Waals surface area contributed by atoms with Gasteiger partial charge in [0.25, 0.3) is 5.56 Å². The molecule has 0 radical (unpaired) electrons. The maximum atomic E-state index is 11.5. The number of aromatic amines is 1. The lowest BCUT2D eigenvalue weighted by Crippen LogP contribution is -2.21. The number of aromatic nitrogens is 4.